The zero-order valence-corrected chi connectivity index (χ0v) is 19.7. The minimum absolute atomic E-state index is 0.0443. The van der Waals surface area contributed by atoms with Crippen molar-refractivity contribution >= 4 is 35.1 Å². The molecule has 9 heteroatoms. The number of anilines is 4. The van der Waals surface area contributed by atoms with Gasteiger partial charge in [-0.3, -0.25) is 0 Å². The number of phenolic OH excluding ortho intramolecular Hbond substituents is 1. The molecule has 0 bridgehead atoms. The summed E-state index contributed by atoms with van der Waals surface area (Å²) < 4.78 is 0. The lowest BCUT2D eigenvalue weighted by Crippen LogP contribution is -2.40. The highest BCUT2D eigenvalue weighted by Crippen LogP contribution is 2.29. The minimum Gasteiger partial charge on any atom is -0.506 e. The number of halogens is 1. The predicted molar refractivity (Wildman–Crippen MR) is 130 cm³/mol. The first-order valence-corrected chi connectivity index (χ1v) is 12.2. The summed E-state index contributed by atoms with van der Waals surface area (Å²) in [5, 5.41) is 20.4. The van der Waals surface area contributed by atoms with Crippen molar-refractivity contribution in [2.75, 3.05) is 29.1 Å². The second kappa shape index (κ2) is 10.5. The van der Waals surface area contributed by atoms with Crippen molar-refractivity contribution in [2.45, 2.75) is 76.4 Å². The van der Waals surface area contributed by atoms with Crippen LogP contribution in [0.4, 0.5) is 23.5 Å². The zero-order valence-electron chi connectivity index (χ0n) is 18.9. The van der Waals surface area contributed by atoms with E-state index in [1.165, 1.54) is 25.7 Å². The van der Waals surface area contributed by atoms with Crippen LogP contribution in [-0.2, 0) is 0 Å². The van der Waals surface area contributed by atoms with Gasteiger partial charge in [0.25, 0.3) is 0 Å². The van der Waals surface area contributed by atoms with Crippen LogP contribution in [-0.4, -0.2) is 51.8 Å². The molecular weight excluding hydrogens is 426 g/mol. The molecule has 1 saturated heterocycles. The molecule has 1 aromatic heterocycles. The van der Waals surface area contributed by atoms with Gasteiger partial charge in [0.05, 0.1) is 5.02 Å². The van der Waals surface area contributed by atoms with Gasteiger partial charge in [0, 0.05) is 30.9 Å². The van der Waals surface area contributed by atoms with E-state index in [2.05, 4.69) is 39.8 Å². The van der Waals surface area contributed by atoms with Gasteiger partial charge < -0.3 is 26.0 Å². The molecule has 8 nitrogen and oxygen atoms in total. The fourth-order valence-corrected chi connectivity index (χ4v) is 4.88. The van der Waals surface area contributed by atoms with Gasteiger partial charge in [-0.05, 0) is 56.8 Å². The van der Waals surface area contributed by atoms with Crippen LogP contribution in [0.1, 0.15) is 58.3 Å². The van der Waals surface area contributed by atoms with Crippen LogP contribution in [0.5, 0.6) is 5.75 Å². The third-order valence-electron chi connectivity index (χ3n) is 6.60. The van der Waals surface area contributed by atoms with Crippen LogP contribution in [0.25, 0.3) is 0 Å². The van der Waals surface area contributed by atoms with Gasteiger partial charge in [-0.1, -0.05) is 37.8 Å². The molecule has 4 rings (SSSR count). The molecule has 32 heavy (non-hydrogen) atoms. The molecule has 2 heterocycles. The molecule has 1 saturated carbocycles. The highest BCUT2D eigenvalue weighted by Gasteiger charge is 2.25. The van der Waals surface area contributed by atoms with Crippen LogP contribution in [0, 0.1) is 0 Å². The van der Waals surface area contributed by atoms with Gasteiger partial charge in [0.1, 0.15) is 5.75 Å². The molecule has 1 aliphatic carbocycles. The molecule has 2 unspecified atom stereocenters. The van der Waals surface area contributed by atoms with Crippen LogP contribution in [0.3, 0.4) is 0 Å². The van der Waals surface area contributed by atoms with Crippen molar-refractivity contribution in [3.05, 3.63) is 23.2 Å². The summed E-state index contributed by atoms with van der Waals surface area (Å²) >= 11 is 6.08. The Morgan fingerprint density at radius 1 is 1.12 bits per heavy atom. The Morgan fingerprint density at radius 2 is 1.91 bits per heavy atom. The Kier molecular flexibility index (Phi) is 7.52. The van der Waals surface area contributed by atoms with Crippen LogP contribution in [0.2, 0.25) is 5.02 Å². The number of rotatable bonds is 8. The smallest absolute Gasteiger partial charge is 0.233 e. The summed E-state index contributed by atoms with van der Waals surface area (Å²) in [7, 11) is 2.08. The van der Waals surface area contributed by atoms with Crippen molar-refractivity contribution < 1.29 is 5.11 Å². The van der Waals surface area contributed by atoms with E-state index in [0.29, 0.717) is 35.6 Å². The van der Waals surface area contributed by atoms with Gasteiger partial charge in [-0.15, -0.1) is 0 Å². The SMILES string of the molecule is CCC(Nc1nc(Nc2ccc(O)c(Cl)c2)nc(N(C)C2CCCCC2)n1)C1CCCN1. The van der Waals surface area contributed by atoms with E-state index in [1.54, 1.807) is 18.2 Å². The molecule has 1 aliphatic heterocycles. The van der Waals surface area contributed by atoms with Crippen LogP contribution in [0.15, 0.2) is 18.2 Å². The Labute approximate surface area is 195 Å². The quantitative estimate of drug-likeness (QED) is 0.422. The molecule has 2 aromatic rings. The largest absolute Gasteiger partial charge is 0.506 e. The van der Waals surface area contributed by atoms with Crippen LogP contribution >= 0.6 is 11.6 Å². The molecule has 0 radical (unpaired) electrons. The summed E-state index contributed by atoms with van der Waals surface area (Å²) in [5.41, 5.74) is 0.709. The number of aromatic hydroxyl groups is 1. The maximum Gasteiger partial charge on any atom is 0.233 e. The molecule has 4 N–H and O–H groups in total. The summed E-state index contributed by atoms with van der Waals surface area (Å²) in [6.45, 7) is 3.25. The van der Waals surface area contributed by atoms with Crippen molar-refractivity contribution in [3.63, 3.8) is 0 Å². The first kappa shape index (κ1) is 22.9. The zero-order chi connectivity index (χ0) is 22.5. The number of aromatic nitrogens is 3. The van der Waals surface area contributed by atoms with E-state index in [9.17, 15) is 5.11 Å². The Morgan fingerprint density at radius 3 is 2.59 bits per heavy atom. The molecule has 0 amide bonds. The topological polar surface area (TPSA) is 98.2 Å². The highest BCUT2D eigenvalue weighted by atomic mass is 35.5. The van der Waals surface area contributed by atoms with E-state index in [4.69, 9.17) is 21.6 Å². The van der Waals surface area contributed by atoms with E-state index in [0.717, 1.165) is 32.2 Å². The predicted octanol–water partition coefficient (Wildman–Crippen LogP) is 4.69. The third-order valence-corrected chi connectivity index (χ3v) is 6.91. The average molecular weight is 460 g/mol. The number of nitrogens with zero attached hydrogens (tertiary/aromatic N) is 4. The van der Waals surface area contributed by atoms with Gasteiger partial charge in [0.2, 0.25) is 17.8 Å². The molecule has 174 valence electrons. The van der Waals surface area contributed by atoms with E-state index >= 15 is 0 Å². The maximum atomic E-state index is 9.72. The normalized spacial score (nSPS) is 20.2. The van der Waals surface area contributed by atoms with E-state index in [1.807, 2.05) is 0 Å². The average Bonchev–Trinajstić information content (AvgIpc) is 3.35. The second-order valence-electron chi connectivity index (χ2n) is 8.84. The molecule has 2 fully saturated rings. The van der Waals surface area contributed by atoms with Gasteiger partial charge in [-0.2, -0.15) is 15.0 Å². The Hall–Kier alpha value is -2.32. The van der Waals surface area contributed by atoms with Crippen molar-refractivity contribution in [2.24, 2.45) is 0 Å². The summed E-state index contributed by atoms with van der Waals surface area (Å²) in [4.78, 5) is 16.4. The fourth-order valence-electron chi connectivity index (χ4n) is 4.70. The van der Waals surface area contributed by atoms with Crippen molar-refractivity contribution in [1.29, 1.82) is 0 Å². The summed E-state index contributed by atoms with van der Waals surface area (Å²) in [6.07, 6.45) is 9.44. The monoisotopic (exact) mass is 459 g/mol. The number of benzene rings is 1. The molecule has 2 atom stereocenters. The van der Waals surface area contributed by atoms with Crippen molar-refractivity contribution in [3.8, 4) is 5.75 Å². The standard InChI is InChI=1S/C23H34ClN7O/c1-3-18(19-10-7-13-25-19)27-22-28-21(26-15-11-12-20(32)17(24)14-15)29-23(30-22)31(2)16-8-5-4-6-9-16/h11-12,14,16,18-19,25,32H,3-10,13H2,1-2H3,(H2,26,27,28,29,30). The van der Waals surface area contributed by atoms with Gasteiger partial charge in [-0.25, -0.2) is 0 Å². The molecule has 1 aromatic carbocycles. The molecule has 0 spiro atoms. The number of hydrogen-bond donors (Lipinski definition) is 4. The lowest BCUT2D eigenvalue weighted by Gasteiger charge is -2.31. The molecular formula is C23H34ClN7O. The van der Waals surface area contributed by atoms with Crippen molar-refractivity contribution in [1.82, 2.24) is 20.3 Å². The number of nitrogens with one attached hydrogen (secondary N) is 3. The minimum atomic E-state index is 0.0443. The van der Waals surface area contributed by atoms with Gasteiger partial charge >= 0.3 is 0 Å². The lowest BCUT2D eigenvalue weighted by atomic mass is 9.95. The third kappa shape index (κ3) is 5.53. The second-order valence-corrected chi connectivity index (χ2v) is 9.25. The number of phenols is 1. The van der Waals surface area contributed by atoms with Gasteiger partial charge in [0.15, 0.2) is 0 Å². The summed E-state index contributed by atoms with van der Waals surface area (Å²) in [6, 6.07) is 6.08. The Bertz CT molecular complexity index is 900. The van der Waals surface area contributed by atoms with Crippen LogP contribution < -0.4 is 20.9 Å². The first-order chi connectivity index (χ1) is 15.5. The van der Waals surface area contributed by atoms with E-state index < -0.39 is 0 Å². The fraction of sp³-hybridized carbons (Fsp3) is 0.609. The Balaban J connectivity index is 1.61. The summed E-state index contributed by atoms with van der Waals surface area (Å²) in [5.74, 6) is 1.74. The van der Waals surface area contributed by atoms with E-state index in [-0.39, 0.29) is 16.8 Å². The number of hydrogen-bond acceptors (Lipinski definition) is 8. The maximum absolute atomic E-state index is 9.72. The lowest BCUT2D eigenvalue weighted by molar-refractivity contribution is 0.424. The highest BCUT2D eigenvalue weighted by molar-refractivity contribution is 6.32. The first-order valence-electron chi connectivity index (χ1n) is 11.8. The molecule has 2 aliphatic rings.